The molecule has 0 radical (unpaired) electrons. The normalized spacial score (nSPS) is 14.3. The zero-order valence-corrected chi connectivity index (χ0v) is 10.9. The SMILES string of the molecule is CC(C(=O)O)(c1ccccc1)C(F)(F)F.O=C(O)C(F)(F)F. The number of carboxylic acid groups (broad SMARTS) is 2. The predicted octanol–water partition coefficient (Wildman–Crippen LogP) is 3.22. The van der Waals surface area contributed by atoms with Gasteiger partial charge in [-0.25, -0.2) is 4.79 Å². The fourth-order valence-electron chi connectivity index (χ4n) is 1.18. The molecule has 0 saturated heterocycles. The molecular weight excluding hydrogens is 322 g/mol. The average Bonchev–Trinajstić information content (AvgIpc) is 2.36. The number of hydrogen-bond acceptors (Lipinski definition) is 2. The number of carbonyl (C=O) groups is 2. The third kappa shape index (κ3) is 4.64. The summed E-state index contributed by atoms with van der Waals surface area (Å²) >= 11 is 0. The van der Waals surface area contributed by atoms with Crippen molar-refractivity contribution in [2.75, 3.05) is 0 Å². The van der Waals surface area contributed by atoms with Crippen molar-refractivity contribution in [1.82, 2.24) is 0 Å². The zero-order valence-electron chi connectivity index (χ0n) is 10.9. The largest absolute Gasteiger partial charge is 0.490 e. The molecule has 0 bridgehead atoms. The minimum Gasteiger partial charge on any atom is -0.480 e. The van der Waals surface area contributed by atoms with Crippen LogP contribution in [0.15, 0.2) is 30.3 Å². The van der Waals surface area contributed by atoms with Gasteiger partial charge in [-0.15, -0.1) is 0 Å². The molecule has 1 unspecified atom stereocenters. The highest BCUT2D eigenvalue weighted by molar-refractivity contribution is 5.82. The molecule has 1 atom stereocenters. The molecule has 0 aromatic heterocycles. The van der Waals surface area contributed by atoms with Gasteiger partial charge in [-0.3, -0.25) is 4.79 Å². The Labute approximate surface area is 120 Å². The van der Waals surface area contributed by atoms with Crippen molar-refractivity contribution >= 4 is 11.9 Å². The molecule has 2 N–H and O–H groups in total. The Hall–Kier alpha value is -2.26. The van der Waals surface area contributed by atoms with Gasteiger partial charge in [-0.1, -0.05) is 30.3 Å². The summed E-state index contributed by atoms with van der Waals surface area (Å²) < 4.78 is 69.7. The van der Waals surface area contributed by atoms with Gasteiger partial charge >= 0.3 is 24.3 Å². The van der Waals surface area contributed by atoms with Gasteiger partial charge in [0.05, 0.1) is 0 Å². The van der Waals surface area contributed by atoms with Crippen LogP contribution < -0.4 is 0 Å². The molecular formula is C12H10F6O4. The highest BCUT2D eigenvalue weighted by atomic mass is 19.4. The lowest BCUT2D eigenvalue weighted by molar-refractivity contribution is -0.201. The fourth-order valence-corrected chi connectivity index (χ4v) is 1.18. The monoisotopic (exact) mass is 332 g/mol. The van der Waals surface area contributed by atoms with Gasteiger partial charge < -0.3 is 10.2 Å². The molecule has 1 aromatic rings. The number of halogens is 6. The Bertz CT molecular complexity index is 523. The summed E-state index contributed by atoms with van der Waals surface area (Å²) in [7, 11) is 0. The topological polar surface area (TPSA) is 74.6 Å². The van der Waals surface area contributed by atoms with Crippen molar-refractivity contribution in [1.29, 1.82) is 0 Å². The highest BCUT2D eigenvalue weighted by Crippen LogP contribution is 2.40. The van der Waals surface area contributed by atoms with E-state index in [1.54, 1.807) is 0 Å². The summed E-state index contributed by atoms with van der Waals surface area (Å²) in [4.78, 5) is 19.6. The molecule has 0 aliphatic heterocycles. The van der Waals surface area contributed by atoms with Crippen LogP contribution in [0.5, 0.6) is 0 Å². The van der Waals surface area contributed by atoms with E-state index in [0.29, 0.717) is 6.92 Å². The molecule has 0 amide bonds. The van der Waals surface area contributed by atoms with Crippen LogP contribution in [0.2, 0.25) is 0 Å². The van der Waals surface area contributed by atoms with Crippen molar-refractivity contribution in [3.05, 3.63) is 35.9 Å². The second-order valence-corrected chi connectivity index (χ2v) is 4.10. The van der Waals surface area contributed by atoms with Crippen LogP contribution >= 0.6 is 0 Å². The van der Waals surface area contributed by atoms with Crippen LogP contribution in [-0.2, 0) is 15.0 Å². The maximum absolute atomic E-state index is 12.7. The Morgan fingerprint density at radius 2 is 1.23 bits per heavy atom. The standard InChI is InChI=1S/C10H9F3O2.C2HF3O2/c1-9(8(14)15,10(11,12)13)7-5-3-2-4-6-7;3-2(4,5)1(6)7/h2-6H,1H3,(H,14,15);(H,6,7). The van der Waals surface area contributed by atoms with Crippen molar-refractivity contribution in [3.8, 4) is 0 Å². The summed E-state index contributed by atoms with van der Waals surface area (Å²) in [5, 5.41) is 15.8. The van der Waals surface area contributed by atoms with Gasteiger partial charge in [0.25, 0.3) is 0 Å². The summed E-state index contributed by atoms with van der Waals surface area (Å²) in [6.45, 7) is 0.657. The van der Waals surface area contributed by atoms with Crippen LogP contribution in [0.3, 0.4) is 0 Å². The van der Waals surface area contributed by atoms with Gasteiger partial charge in [0.15, 0.2) is 5.41 Å². The van der Waals surface area contributed by atoms with E-state index in [-0.39, 0.29) is 5.56 Å². The van der Waals surface area contributed by atoms with Crippen molar-refractivity contribution < 1.29 is 46.1 Å². The summed E-state index contributed by atoms with van der Waals surface area (Å²) in [6.07, 6.45) is -9.90. The first-order chi connectivity index (χ1) is 9.74. The average molecular weight is 332 g/mol. The van der Waals surface area contributed by atoms with E-state index in [1.165, 1.54) is 18.2 Å². The lowest BCUT2D eigenvalue weighted by atomic mass is 9.82. The quantitative estimate of drug-likeness (QED) is 0.816. The molecule has 0 fully saturated rings. The number of hydrogen-bond donors (Lipinski definition) is 2. The van der Waals surface area contributed by atoms with Crippen molar-refractivity contribution in [3.63, 3.8) is 0 Å². The summed E-state index contributed by atoms with van der Waals surface area (Å²) in [6, 6.07) is 6.59. The van der Waals surface area contributed by atoms with Crippen LogP contribution in [0.25, 0.3) is 0 Å². The lowest BCUT2D eigenvalue weighted by Crippen LogP contribution is -2.46. The molecule has 124 valence electrons. The minimum absolute atomic E-state index is 0.273. The molecule has 1 rings (SSSR count). The second kappa shape index (κ2) is 6.67. The first kappa shape index (κ1) is 19.7. The maximum atomic E-state index is 12.7. The Morgan fingerprint density at radius 3 is 1.45 bits per heavy atom. The molecule has 0 heterocycles. The third-order valence-corrected chi connectivity index (χ3v) is 2.59. The third-order valence-electron chi connectivity index (χ3n) is 2.59. The second-order valence-electron chi connectivity index (χ2n) is 4.10. The van der Waals surface area contributed by atoms with E-state index in [4.69, 9.17) is 15.0 Å². The molecule has 4 nitrogen and oxygen atoms in total. The van der Waals surface area contributed by atoms with Crippen LogP contribution in [0.1, 0.15) is 12.5 Å². The first-order valence-electron chi connectivity index (χ1n) is 5.40. The highest BCUT2D eigenvalue weighted by Gasteiger charge is 2.58. The maximum Gasteiger partial charge on any atom is 0.490 e. The van der Waals surface area contributed by atoms with E-state index in [9.17, 15) is 31.1 Å². The summed E-state index contributed by atoms with van der Waals surface area (Å²) in [5.41, 5.74) is -3.13. The zero-order chi connectivity index (χ0) is 17.8. The molecule has 0 aliphatic carbocycles. The Kier molecular flexibility index (Phi) is 5.98. The Balaban J connectivity index is 0.000000534. The first-order valence-corrected chi connectivity index (χ1v) is 5.40. The van der Waals surface area contributed by atoms with Crippen LogP contribution in [0.4, 0.5) is 26.3 Å². The molecule has 0 spiro atoms. The smallest absolute Gasteiger partial charge is 0.480 e. The van der Waals surface area contributed by atoms with Gasteiger partial charge in [0.1, 0.15) is 0 Å². The number of carboxylic acids is 2. The number of benzene rings is 1. The molecule has 10 heteroatoms. The summed E-state index contributed by atoms with van der Waals surface area (Å²) in [5.74, 6) is -4.66. The van der Waals surface area contributed by atoms with Gasteiger partial charge in [0.2, 0.25) is 0 Å². The predicted molar refractivity (Wildman–Crippen MR) is 61.2 cm³/mol. The minimum atomic E-state index is -5.08. The molecule has 0 saturated carbocycles. The molecule has 22 heavy (non-hydrogen) atoms. The lowest BCUT2D eigenvalue weighted by Gasteiger charge is -2.27. The van der Waals surface area contributed by atoms with Crippen molar-refractivity contribution in [2.45, 2.75) is 24.7 Å². The van der Waals surface area contributed by atoms with Crippen LogP contribution in [-0.4, -0.2) is 34.5 Å². The van der Waals surface area contributed by atoms with E-state index in [1.807, 2.05) is 0 Å². The van der Waals surface area contributed by atoms with E-state index < -0.39 is 29.7 Å². The van der Waals surface area contributed by atoms with E-state index in [0.717, 1.165) is 12.1 Å². The van der Waals surface area contributed by atoms with Gasteiger partial charge in [-0.2, -0.15) is 26.3 Å². The van der Waals surface area contributed by atoms with E-state index in [2.05, 4.69) is 0 Å². The fraction of sp³-hybridized carbons (Fsp3) is 0.333. The number of rotatable bonds is 2. The number of alkyl halides is 6. The van der Waals surface area contributed by atoms with Gasteiger partial charge in [0, 0.05) is 0 Å². The number of aliphatic carboxylic acids is 2. The van der Waals surface area contributed by atoms with Gasteiger partial charge in [-0.05, 0) is 12.5 Å². The van der Waals surface area contributed by atoms with E-state index >= 15 is 0 Å². The van der Waals surface area contributed by atoms with Crippen LogP contribution in [0, 0.1) is 0 Å². The Morgan fingerprint density at radius 1 is 0.864 bits per heavy atom. The molecule has 1 aromatic carbocycles. The van der Waals surface area contributed by atoms with Crippen molar-refractivity contribution in [2.24, 2.45) is 0 Å². The molecule has 0 aliphatic rings.